The highest BCUT2D eigenvalue weighted by Crippen LogP contribution is 2.08. The summed E-state index contributed by atoms with van der Waals surface area (Å²) < 4.78 is 6.12. The molecule has 1 aromatic rings. The van der Waals surface area contributed by atoms with Crippen molar-refractivity contribution in [2.45, 2.75) is 20.1 Å². The third-order valence-electron chi connectivity index (χ3n) is 2.46. The number of nitrogens with zero attached hydrogens (tertiary/aromatic N) is 2. The molecule has 0 bridgehead atoms. The number of aromatic nitrogens is 1. The number of nitrogens with two attached hydrogens (primary N) is 1. The quantitative estimate of drug-likeness (QED) is 0.411. The van der Waals surface area contributed by atoms with Gasteiger partial charge in [0.1, 0.15) is 18.2 Å². The Kier molecular flexibility index (Phi) is 4.59. The first-order chi connectivity index (χ1) is 8.54. The summed E-state index contributed by atoms with van der Waals surface area (Å²) in [4.78, 5) is 23.2. The maximum absolute atomic E-state index is 12.0. The van der Waals surface area contributed by atoms with E-state index in [9.17, 15) is 9.59 Å². The SMILES string of the molecule is COCc1cc(C)n(CC(=O)NN)c(=O)c1C#N. The van der Waals surface area contributed by atoms with Crippen molar-refractivity contribution in [2.24, 2.45) is 5.84 Å². The van der Waals surface area contributed by atoms with Crippen LogP contribution in [0.1, 0.15) is 16.8 Å². The van der Waals surface area contributed by atoms with Gasteiger partial charge in [0.05, 0.1) is 6.61 Å². The number of hydrazine groups is 1. The van der Waals surface area contributed by atoms with Gasteiger partial charge < -0.3 is 9.30 Å². The highest BCUT2D eigenvalue weighted by Gasteiger charge is 2.14. The lowest BCUT2D eigenvalue weighted by atomic mass is 10.1. The van der Waals surface area contributed by atoms with Crippen molar-refractivity contribution in [1.82, 2.24) is 9.99 Å². The van der Waals surface area contributed by atoms with Gasteiger partial charge in [0, 0.05) is 18.4 Å². The van der Waals surface area contributed by atoms with Crippen LogP contribution in [0.2, 0.25) is 0 Å². The van der Waals surface area contributed by atoms with E-state index in [0.717, 1.165) is 0 Å². The average Bonchev–Trinajstić information content (AvgIpc) is 2.34. The Hall–Kier alpha value is -2.17. The maximum Gasteiger partial charge on any atom is 0.269 e. The predicted molar refractivity (Wildman–Crippen MR) is 63.2 cm³/mol. The Balaban J connectivity index is 3.35. The van der Waals surface area contributed by atoms with Gasteiger partial charge in [-0.05, 0) is 13.0 Å². The largest absolute Gasteiger partial charge is 0.380 e. The third kappa shape index (κ3) is 2.74. The van der Waals surface area contributed by atoms with Gasteiger partial charge in [0.25, 0.3) is 11.5 Å². The van der Waals surface area contributed by atoms with Gasteiger partial charge in [-0.1, -0.05) is 0 Å². The molecule has 0 spiro atoms. The molecule has 3 N–H and O–H groups in total. The molecule has 0 aromatic carbocycles. The van der Waals surface area contributed by atoms with E-state index in [2.05, 4.69) is 0 Å². The molecule has 0 aliphatic heterocycles. The smallest absolute Gasteiger partial charge is 0.269 e. The number of hydrogen-bond acceptors (Lipinski definition) is 5. The summed E-state index contributed by atoms with van der Waals surface area (Å²) in [6.07, 6.45) is 0. The van der Waals surface area contributed by atoms with Crippen LogP contribution in [0.25, 0.3) is 0 Å². The number of nitrogens with one attached hydrogen (secondary N) is 1. The van der Waals surface area contributed by atoms with Crippen LogP contribution < -0.4 is 16.8 Å². The van der Waals surface area contributed by atoms with Crippen molar-refractivity contribution in [3.8, 4) is 6.07 Å². The van der Waals surface area contributed by atoms with Crippen LogP contribution in [0.3, 0.4) is 0 Å². The Morgan fingerprint density at radius 1 is 1.67 bits per heavy atom. The first-order valence-electron chi connectivity index (χ1n) is 5.17. The molecule has 7 nitrogen and oxygen atoms in total. The van der Waals surface area contributed by atoms with Crippen LogP contribution in [0.15, 0.2) is 10.9 Å². The fourth-order valence-corrected chi connectivity index (χ4v) is 1.61. The van der Waals surface area contributed by atoms with Gasteiger partial charge in [-0.25, -0.2) is 5.84 Å². The topological polar surface area (TPSA) is 110 Å². The van der Waals surface area contributed by atoms with E-state index in [1.807, 2.05) is 11.5 Å². The van der Waals surface area contributed by atoms with Crippen LogP contribution >= 0.6 is 0 Å². The minimum Gasteiger partial charge on any atom is -0.380 e. The fraction of sp³-hybridized carbons (Fsp3) is 0.364. The number of carbonyl (C=O) groups is 1. The second-order valence-electron chi connectivity index (χ2n) is 3.69. The molecule has 1 aromatic heterocycles. The highest BCUT2D eigenvalue weighted by atomic mass is 16.5. The fourth-order valence-electron chi connectivity index (χ4n) is 1.61. The number of aryl methyl sites for hydroxylation is 1. The molecular weight excluding hydrogens is 236 g/mol. The molecule has 0 aliphatic carbocycles. The standard InChI is InChI=1S/C11H14N4O3/c1-7-3-8(6-18-2)9(4-12)11(17)15(7)5-10(16)14-13/h3H,5-6,13H2,1-2H3,(H,14,16). The summed E-state index contributed by atoms with van der Waals surface area (Å²) in [5.41, 5.74) is 2.47. The summed E-state index contributed by atoms with van der Waals surface area (Å²) >= 11 is 0. The van der Waals surface area contributed by atoms with Gasteiger partial charge in [0.2, 0.25) is 0 Å². The molecule has 0 atom stereocenters. The van der Waals surface area contributed by atoms with Gasteiger partial charge in [-0.15, -0.1) is 0 Å². The third-order valence-corrected chi connectivity index (χ3v) is 2.46. The van der Waals surface area contributed by atoms with Crippen LogP contribution in [-0.2, 0) is 22.7 Å². The van der Waals surface area contributed by atoms with Gasteiger partial charge >= 0.3 is 0 Å². The van der Waals surface area contributed by atoms with Crippen molar-refractivity contribution in [3.05, 3.63) is 33.2 Å². The maximum atomic E-state index is 12.0. The number of methoxy groups -OCH3 is 1. The van der Waals surface area contributed by atoms with E-state index in [0.29, 0.717) is 11.3 Å². The average molecular weight is 250 g/mol. The predicted octanol–water partition coefficient (Wildman–Crippen LogP) is -0.835. The lowest BCUT2D eigenvalue weighted by Gasteiger charge is -2.12. The molecule has 1 heterocycles. The monoisotopic (exact) mass is 250 g/mol. The number of nitriles is 1. The number of pyridine rings is 1. The van der Waals surface area contributed by atoms with Crippen LogP contribution in [0.5, 0.6) is 0 Å². The Morgan fingerprint density at radius 3 is 2.83 bits per heavy atom. The van der Waals surface area contributed by atoms with E-state index in [4.69, 9.17) is 15.8 Å². The molecule has 0 saturated carbocycles. The van der Waals surface area contributed by atoms with Crippen LogP contribution in [-0.4, -0.2) is 17.6 Å². The van der Waals surface area contributed by atoms with Crippen molar-refractivity contribution in [2.75, 3.05) is 7.11 Å². The normalized spacial score (nSPS) is 9.89. The summed E-state index contributed by atoms with van der Waals surface area (Å²) in [5.74, 6) is 4.46. The zero-order valence-electron chi connectivity index (χ0n) is 10.2. The second kappa shape index (κ2) is 5.95. The van der Waals surface area contributed by atoms with Crippen molar-refractivity contribution >= 4 is 5.91 Å². The number of rotatable bonds is 4. The molecule has 18 heavy (non-hydrogen) atoms. The van der Waals surface area contributed by atoms with E-state index in [-0.39, 0.29) is 18.7 Å². The zero-order chi connectivity index (χ0) is 13.7. The molecular formula is C11H14N4O3. The molecule has 0 fully saturated rings. The first-order valence-corrected chi connectivity index (χ1v) is 5.17. The molecule has 1 amide bonds. The van der Waals surface area contributed by atoms with Gasteiger partial charge in [-0.3, -0.25) is 15.0 Å². The molecule has 0 radical (unpaired) electrons. The minimum absolute atomic E-state index is 0.0210. The van der Waals surface area contributed by atoms with Crippen LogP contribution in [0.4, 0.5) is 0 Å². The number of carbonyl (C=O) groups excluding carboxylic acids is 1. The number of ether oxygens (including phenoxy) is 1. The van der Waals surface area contributed by atoms with E-state index < -0.39 is 11.5 Å². The summed E-state index contributed by atoms with van der Waals surface area (Å²) in [6.45, 7) is 1.62. The molecule has 0 aliphatic rings. The summed E-state index contributed by atoms with van der Waals surface area (Å²) in [6, 6.07) is 3.48. The van der Waals surface area contributed by atoms with E-state index in [1.165, 1.54) is 11.7 Å². The Bertz CT molecular complexity index is 557. The van der Waals surface area contributed by atoms with Crippen molar-refractivity contribution in [3.63, 3.8) is 0 Å². The van der Waals surface area contributed by atoms with Crippen molar-refractivity contribution < 1.29 is 9.53 Å². The van der Waals surface area contributed by atoms with Crippen molar-refractivity contribution in [1.29, 1.82) is 5.26 Å². The van der Waals surface area contributed by atoms with Gasteiger partial charge in [-0.2, -0.15) is 5.26 Å². The Morgan fingerprint density at radius 2 is 2.33 bits per heavy atom. The molecule has 0 saturated heterocycles. The van der Waals surface area contributed by atoms with Crippen LogP contribution in [0, 0.1) is 18.3 Å². The van der Waals surface area contributed by atoms with Gasteiger partial charge in [0.15, 0.2) is 0 Å². The summed E-state index contributed by atoms with van der Waals surface area (Å²) in [7, 11) is 1.48. The van der Waals surface area contributed by atoms with E-state index in [1.54, 1.807) is 13.0 Å². The first kappa shape index (κ1) is 13.9. The Labute approximate surface area is 104 Å². The summed E-state index contributed by atoms with van der Waals surface area (Å²) in [5, 5.41) is 8.99. The zero-order valence-corrected chi connectivity index (χ0v) is 10.2. The highest BCUT2D eigenvalue weighted by molar-refractivity contribution is 5.75. The minimum atomic E-state index is -0.520. The van der Waals surface area contributed by atoms with E-state index >= 15 is 0 Å². The second-order valence-corrected chi connectivity index (χ2v) is 3.69. The lowest BCUT2D eigenvalue weighted by Crippen LogP contribution is -2.37. The molecule has 1 rings (SSSR count). The number of hydrogen-bond donors (Lipinski definition) is 2. The molecule has 7 heteroatoms. The molecule has 96 valence electrons. The lowest BCUT2D eigenvalue weighted by molar-refractivity contribution is -0.121. The number of amides is 1. The molecule has 0 unspecified atom stereocenters.